The molecule has 0 saturated carbocycles. The number of benzene rings is 1. The summed E-state index contributed by atoms with van der Waals surface area (Å²) in [5, 5.41) is 10.8. The first kappa shape index (κ1) is 15.8. The lowest BCUT2D eigenvalue weighted by atomic mass is 9.99. The van der Waals surface area contributed by atoms with E-state index >= 15 is 0 Å². The minimum atomic E-state index is -0.892. The number of carbonyl (C=O) groups excluding carboxylic acids is 2. The number of nitrogens with zero attached hydrogens (tertiary/aromatic N) is 1. The number of Topliss-reactive ketones (excluding diaryl/α,β-unsaturated/α-hetero) is 1. The monoisotopic (exact) mass is 280 g/mol. The number of nitro groups is 1. The lowest BCUT2D eigenvalue weighted by Crippen LogP contribution is -2.31. The van der Waals surface area contributed by atoms with Gasteiger partial charge in [0.15, 0.2) is 5.78 Å². The maximum absolute atomic E-state index is 12.0. The van der Waals surface area contributed by atoms with E-state index in [0.717, 1.165) is 0 Å². The van der Waals surface area contributed by atoms with Gasteiger partial charge in [-0.05, 0) is 13.3 Å². The van der Waals surface area contributed by atoms with Crippen LogP contribution in [-0.4, -0.2) is 29.8 Å². The van der Waals surface area contributed by atoms with E-state index in [9.17, 15) is 19.7 Å². The van der Waals surface area contributed by atoms with Crippen molar-refractivity contribution in [2.75, 3.05) is 7.11 Å². The van der Waals surface area contributed by atoms with E-state index in [2.05, 4.69) is 4.74 Å². The third kappa shape index (κ3) is 3.86. The van der Waals surface area contributed by atoms with Crippen LogP contribution in [0.2, 0.25) is 0 Å². The molecule has 0 amide bonds. The number of rotatable bonds is 6. The Balaban J connectivity index is 2.84. The third-order valence-electron chi connectivity index (χ3n) is 2.91. The van der Waals surface area contributed by atoms with Crippen LogP contribution < -0.4 is 5.73 Å². The molecule has 7 nitrogen and oxygen atoms in total. The lowest BCUT2D eigenvalue weighted by molar-refractivity contribution is -0.385. The Kier molecular flexibility index (Phi) is 5.33. The molecule has 0 saturated heterocycles. The summed E-state index contributed by atoms with van der Waals surface area (Å²) in [6.45, 7) is 1.59. The number of ketones is 1. The summed E-state index contributed by atoms with van der Waals surface area (Å²) in [4.78, 5) is 33.3. The van der Waals surface area contributed by atoms with Crippen LogP contribution in [-0.2, 0) is 9.53 Å². The van der Waals surface area contributed by atoms with Gasteiger partial charge in [-0.25, -0.2) is 0 Å². The summed E-state index contributed by atoms with van der Waals surface area (Å²) in [6.07, 6.45) is 0.157. The molecule has 108 valence electrons. The molecule has 0 heterocycles. The van der Waals surface area contributed by atoms with Gasteiger partial charge in [-0.3, -0.25) is 19.7 Å². The van der Waals surface area contributed by atoms with Gasteiger partial charge in [0.25, 0.3) is 5.69 Å². The van der Waals surface area contributed by atoms with E-state index in [-0.39, 0.29) is 24.1 Å². The fourth-order valence-electron chi connectivity index (χ4n) is 1.68. The van der Waals surface area contributed by atoms with Gasteiger partial charge in [-0.1, -0.05) is 12.1 Å². The lowest BCUT2D eigenvalue weighted by Gasteiger charge is -2.10. The van der Waals surface area contributed by atoms with Gasteiger partial charge in [0.05, 0.1) is 18.1 Å². The van der Waals surface area contributed by atoms with Gasteiger partial charge in [0.1, 0.15) is 0 Å². The normalized spacial score (nSPS) is 11.8. The summed E-state index contributed by atoms with van der Waals surface area (Å²) < 4.78 is 4.46. The van der Waals surface area contributed by atoms with Crippen LogP contribution in [0.5, 0.6) is 0 Å². The predicted molar refractivity (Wildman–Crippen MR) is 71.4 cm³/mol. The predicted octanol–water partition coefficient (Wildman–Crippen LogP) is 1.37. The van der Waals surface area contributed by atoms with Crippen molar-refractivity contribution in [2.45, 2.75) is 25.8 Å². The standard InChI is InChI=1S/C13H16N2O5/c1-8-3-4-9(7-11(8)15(18)19)13(17)10(14)5-6-12(16)20-2/h3-4,7,10H,5-6,14H2,1-2H3. The van der Waals surface area contributed by atoms with Gasteiger partial charge in [0, 0.05) is 23.6 Å². The summed E-state index contributed by atoms with van der Waals surface area (Å²) in [6, 6.07) is 3.30. The second-order valence-electron chi connectivity index (χ2n) is 4.34. The summed E-state index contributed by atoms with van der Waals surface area (Å²) in [5.74, 6) is -0.889. The zero-order valence-electron chi connectivity index (χ0n) is 11.3. The highest BCUT2D eigenvalue weighted by atomic mass is 16.6. The third-order valence-corrected chi connectivity index (χ3v) is 2.91. The Hall–Kier alpha value is -2.28. The maximum atomic E-state index is 12.0. The number of nitrogens with two attached hydrogens (primary N) is 1. The van der Waals surface area contributed by atoms with E-state index in [1.54, 1.807) is 6.92 Å². The van der Waals surface area contributed by atoms with Crippen LogP contribution in [0.3, 0.4) is 0 Å². The Labute approximate surface area is 115 Å². The van der Waals surface area contributed by atoms with Gasteiger partial charge >= 0.3 is 5.97 Å². The van der Waals surface area contributed by atoms with E-state index in [1.807, 2.05) is 0 Å². The minimum absolute atomic E-state index is 0.0252. The van der Waals surface area contributed by atoms with Gasteiger partial charge in [0.2, 0.25) is 0 Å². The molecule has 7 heteroatoms. The Morgan fingerprint density at radius 1 is 1.45 bits per heavy atom. The highest BCUT2D eigenvalue weighted by molar-refractivity contribution is 6.00. The van der Waals surface area contributed by atoms with Crippen molar-refractivity contribution in [3.63, 3.8) is 0 Å². The fraction of sp³-hybridized carbons (Fsp3) is 0.385. The molecule has 2 N–H and O–H groups in total. The average molecular weight is 280 g/mol. The van der Waals surface area contributed by atoms with E-state index in [4.69, 9.17) is 5.73 Å². The second kappa shape index (κ2) is 6.76. The molecular formula is C13H16N2O5. The van der Waals surface area contributed by atoms with Crippen molar-refractivity contribution in [3.8, 4) is 0 Å². The number of methoxy groups -OCH3 is 1. The molecule has 0 spiro atoms. The number of hydrogen-bond acceptors (Lipinski definition) is 6. The quantitative estimate of drug-likeness (QED) is 0.364. The number of nitro benzene ring substituents is 1. The van der Waals surface area contributed by atoms with Crippen molar-refractivity contribution < 1.29 is 19.2 Å². The average Bonchev–Trinajstić information content (AvgIpc) is 2.43. The van der Waals surface area contributed by atoms with E-state index in [0.29, 0.717) is 5.56 Å². The van der Waals surface area contributed by atoms with Crippen molar-refractivity contribution in [1.29, 1.82) is 0 Å². The molecule has 1 aromatic rings. The zero-order valence-corrected chi connectivity index (χ0v) is 11.3. The molecule has 1 aromatic carbocycles. The number of esters is 1. The molecule has 1 unspecified atom stereocenters. The van der Waals surface area contributed by atoms with Gasteiger partial charge in [-0.2, -0.15) is 0 Å². The van der Waals surface area contributed by atoms with Crippen LogP contribution in [0, 0.1) is 17.0 Å². The number of hydrogen-bond donors (Lipinski definition) is 1. The first-order chi connectivity index (χ1) is 9.36. The first-order valence-corrected chi connectivity index (χ1v) is 5.98. The smallest absolute Gasteiger partial charge is 0.305 e. The molecule has 0 aromatic heterocycles. The van der Waals surface area contributed by atoms with Crippen molar-refractivity contribution in [2.24, 2.45) is 5.73 Å². The molecule has 0 bridgehead atoms. The Morgan fingerprint density at radius 3 is 2.65 bits per heavy atom. The molecular weight excluding hydrogens is 264 g/mol. The Morgan fingerprint density at radius 2 is 2.10 bits per heavy atom. The highest BCUT2D eigenvalue weighted by Gasteiger charge is 2.20. The summed E-state index contributed by atoms with van der Waals surface area (Å²) in [5.41, 5.74) is 6.19. The topological polar surface area (TPSA) is 113 Å². The van der Waals surface area contributed by atoms with Crippen LogP contribution >= 0.6 is 0 Å². The fourth-order valence-corrected chi connectivity index (χ4v) is 1.68. The number of carbonyl (C=O) groups is 2. The Bertz CT molecular complexity index is 542. The number of ether oxygens (including phenoxy) is 1. The van der Waals surface area contributed by atoms with Crippen LogP contribution in [0.1, 0.15) is 28.8 Å². The molecule has 1 rings (SSSR count). The number of aryl methyl sites for hydroxylation is 1. The molecule has 1 atom stereocenters. The molecule has 0 aliphatic rings. The molecule has 0 aliphatic heterocycles. The van der Waals surface area contributed by atoms with Crippen LogP contribution in [0.15, 0.2) is 18.2 Å². The molecule has 20 heavy (non-hydrogen) atoms. The van der Waals surface area contributed by atoms with Crippen LogP contribution in [0.4, 0.5) is 5.69 Å². The van der Waals surface area contributed by atoms with Crippen molar-refractivity contribution in [3.05, 3.63) is 39.4 Å². The van der Waals surface area contributed by atoms with Gasteiger partial charge in [-0.15, -0.1) is 0 Å². The van der Waals surface area contributed by atoms with Crippen LogP contribution in [0.25, 0.3) is 0 Å². The molecule has 0 aliphatic carbocycles. The SMILES string of the molecule is COC(=O)CCC(N)C(=O)c1ccc(C)c([N+](=O)[O-])c1. The molecule has 0 fully saturated rings. The molecule has 0 radical (unpaired) electrons. The second-order valence-corrected chi connectivity index (χ2v) is 4.34. The van der Waals surface area contributed by atoms with Crippen molar-refractivity contribution in [1.82, 2.24) is 0 Å². The van der Waals surface area contributed by atoms with Crippen molar-refractivity contribution >= 4 is 17.4 Å². The van der Waals surface area contributed by atoms with E-state index < -0.39 is 22.7 Å². The largest absolute Gasteiger partial charge is 0.469 e. The van der Waals surface area contributed by atoms with Gasteiger partial charge < -0.3 is 10.5 Å². The summed E-state index contributed by atoms with van der Waals surface area (Å²) in [7, 11) is 1.25. The first-order valence-electron chi connectivity index (χ1n) is 5.98. The highest BCUT2D eigenvalue weighted by Crippen LogP contribution is 2.20. The van der Waals surface area contributed by atoms with E-state index in [1.165, 1.54) is 25.3 Å². The summed E-state index contributed by atoms with van der Waals surface area (Å²) >= 11 is 0. The minimum Gasteiger partial charge on any atom is -0.469 e. The maximum Gasteiger partial charge on any atom is 0.305 e. The zero-order chi connectivity index (χ0) is 15.3.